The standard InChI is InChI=1S/C23H15N4O2.Pt/c1-3-10-25-23(9-1)29-21-8-5-7-20(13-21)28-22-12-19(14-24-15-22)27-16-18-6-2-4-11-26(18)17-27;/h1-11,14-17H;/q-3;. The summed E-state index contributed by atoms with van der Waals surface area (Å²) in [5.74, 6) is 1.99. The van der Waals surface area contributed by atoms with Crippen LogP contribution in [-0.2, 0) is 21.1 Å². The molecule has 0 spiro atoms. The van der Waals surface area contributed by atoms with Gasteiger partial charge in [0.1, 0.15) is 0 Å². The number of hydrogen-bond acceptors (Lipinski definition) is 6. The Morgan fingerprint density at radius 1 is 0.867 bits per heavy atom. The molecular formula is C23H15N4O2Pt-3. The van der Waals surface area contributed by atoms with Crippen molar-refractivity contribution in [1.82, 2.24) is 14.9 Å². The molecule has 30 heavy (non-hydrogen) atoms. The summed E-state index contributed by atoms with van der Waals surface area (Å²) < 4.78 is 11.6. The molecule has 0 N–H and O–H groups in total. The zero-order valence-electron chi connectivity index (χ0n) is 15.6. The van der Waals surface area contributed by atoms with Crippen molar-refractivity contribution in [2.24, 2.45) is 0 Å². The van der Waals surface area contributed by atoms with Crippen LogP contribution in [0, 0.1) is 18.8 Å². The quantitative estimate of drug-likeness (QED) is 0.408. The minimum Gasteiger partial charge on any atom is -0.508 e. The molecule has 0 saturated carbocycles. The van der Waals surface area contributed by atoms with E-state index in [1.807, 2.05) is 65.3 Å². The molecule has 5 rings (SSSR count). The topological polar surface area (TPSA) is 50.7 Å². The monoisotopic (exact) mass is 574 g/mol. The van der Waals surface area contributed by atoms with Crippen LogP contribution in [0.2, 0.25) is 0 Å². The maximum absolute atomic E-state index is 5.90. The van der Waals surface area contributed by atoms with Crippen LogP contribution in [0.15, 0.2) is 91.3 Å². The van der Waals surface area contributed by atoms with Gasteiger partial charge in [0.05, 0.1) is 0 Å². The minimum absolute atomic E-state index is 0. The fourth-order valence-corrected chi connectivity index (χ4v) is 2.86. The van der Waals surface area contributed by atoms with Gasteiger partial charge in [-0.2, -0.15) is 6.07 Å². The van der Waals surface area contributed by atoms with E-state index in [9.17, 15) is 0 Å². The smallest absolute Gasteiger partial charge is 0.216 e. The Hall–Kier alpha value is -3.37. The van der Waals surface area contributed by atoms with Crippen molar-refractivity contribution in [3.05, 3.63) is 110 Å². The average molecular weight is 574 g/mol. The van der Waals surface area contributed by atoms with Crippen LogP contribution in [-0.4, -0.2) is 14.9 Å². The molecule has 0 atom stereocenters. The normalized spacial score (nSPS) is 14.1. The van der Waals surface area contributed by atoms with E-state index in [1.54, 1.807) is 36.8 Å². The van der Waals surface area contributed by atoms with E-state index in [0.29, 0.717) is 23.1 Å². The number of anilines is 1. The average Bonchev–Trinajstić information content (AvgIpc) is 3.19. The first kappa shape index (κ1) is 19.9. The zero-order valence-corrected chi connectivity index (χ0v) is 17.9. The molecule has 0 radical (unpaired) electrons. The number of nitrogens with zero attached hydrogens (tertiary/aromatic N) is 4. The molecule has 0 fully saturated rings. The molecule has 4 heterocycles. The largest absolute Gasteiger partial charge is 0.508 e. The summed E-state index contributed by atoms with van der Waals surface area (Å²) in [5, 5.41) is 0. The van der Waals surface area contributed by atoms with E-state index in [1.165, 1.54) is 0 Å². The van der Waals surface area contributed by atoms with E-state index in [0.717, 1.165) is 11.4 Å². The van der Waals surface area contributed by atoms with Gasteiger partial charge in [-0.1, -0.05) is 30.1 Å². The summed E-state index contributed by atoms with van der Waals surface area (Å²) in [6, 6.07) is 17.2. The number of benzene rings is 1. The molecule has 7 heteroatoms. The Labute approximate surface area is 189 Å². The van der Waals surface area contributed by atoms with Crippen molar-refractivity contribution in [1.29, 1.82) is 0 Å². The summed E-state index contributed by atoms with van der Waals surface area (Å²) in [5.41, 5.74) is 1.84. The van der Waals surface area contributed by atoms with Crippen LogP contribution >= 0.6 is 0 Å². The van der Waals surface area contributed by atoms with Gasteiger partial charge in [-0.3, -0.25) is 0 Å². The summed E-state index contributed by atoms with van der Waals surface area (Å²) in [6.07, 6.45) is 15.0. The third-order valence-corrected chi connectivity index (χ3v) is 4.17. The van der Waals surface area contributed by atoms with Crippen LogP contribution in [0.5, 0.6) is 23.1 Å². The molecular weight excluding hydrogens is 559 g/mol. The third kappa shape index (κ3) is 4.44. The van der Waals surface area contributed by atoms with Crippen LogP contribution < -0.4 is 14.4 Å². The van der Waals surface area contributed by atoms with Crippen LogP contribution in [0.4, 0.5) is 5.69 Å². The van der Waals surface area contributed by atoms with Gasteiger partial charge in [0.15, 0.2) is 0 Å². The van der Waals surface area contributed by atoms with Gasteiger partial charge in [0.2, 0.25) is 5.88 Å². The number of rotatable bonds is 5. The molecule has 6 nitrogen and oxygen atoms in total. The number of fused-ring (bicyclic) bond motifs is 1. The molecule has 0 aliphatic carbocycles. The first-order chi connectivity index (χ1) is 14.3. The molecule has 3 aromatic rings. The second-order valence-electron chi connectivity index (χ2n) is 6.22. The van der Waals surface area contributed by atoms with Crippen LogP contribution in [0.25, 0.3) is 0 Å². The Bertz CT molecular complexity index is 1110. The Morgan fingerprint density at radius 2 is 1.77 bits per heavy atom. The van der Waals surface area contributed by atoms with Gasteiger partial charge in [-0.05, 0) is 36.8 Å². The first-order valence-electron chi connectivity index (χ1n) is 8.98. The molecule has 1 aromatic carbocycles. The second kappa shape index (κ2) is 8.97. The molecule has 0 bridgehead atoms. The molecule has 2 aliphatic heterocycles. The van der Waals surface area contributed by atoms with Crippen molar-refractivity contribution in [3.8, 4) is 23.1 Å². The van der Waals surface area contributed by atoms with Crippen molar-refractivity contribution in [2.45, 2.75) is 0 Å². The Balaban J connectivity index is 0.00000218. The SMILES string of the molecule is [Pt].[c-]1c(Oc2[c-]c(N3C=C4C=CC=CN4[CH-]3)cnc2)cccc1Oc1ccccn1. The molecule has 2 aromatic heterocycles. The number of allylic oxidation sites excluding steroid dienone is 3. The third-order valence-electron chi connectivity index (χ3n) is 4.17. The molecule has 0 amide bonds. The molecule has 0 unspecified atom stereocenters. The predicted octanol–water partition coefficient (Wildman–Crippen LogP) is 4.83. The summed E-state index contributed by atoms with van der Waals surface area (Å²) in [4.78, 5) is 12.4. The molecule has 152 valence electrons. The summed E-state index contributed by atoms with van der Waals surface area (Å²) in [7, 11) is 0. The fraction of sp³-hybridized carbons (Fsp3) is 0. The van der Waals surface area contributed by atoms with E-state index >= 15 is 0 Å². The van der Waals surface area contributed by atoms with E-state index in [4.69, 9.17) is 9.47 Å². The van der Waals surface area contributed by atoms with E-state index < -0.39 is 0 Å². The van der Waals surface area contributed by atoms with Gasteiger partial charge in [0, 0.05) is 56.3 Å². The van der Waals surface area contributed by atoms with Gasteiger partial charge in [-0.15, -0.1) is 24.9 Å². The predicted molar refractivity (Wildman–Crippen MR) is 108 cm³/mol. The van der Waals surface area contributed by atoms with E-state index in [-0.39, 0.29) is 21.1 Å². The molecule has 2 aliphatic rings. The van der Waals surface area contributed by atoms with Gasteiger partial charge >= 0.3 is 0 Å². The van der Waals surface area contributed by atoms with Gasteiger partial charge < -0.3 is 24.3 Å². The summed E-state index contributed by atoms with van der Waals surface area (Å²) in [6.45, 7) is 1.96. The van der Waals surface area contributed by atoms with Crippen LogP contribution in [0.1, 0.15) is 0 Å². The van der Waals surface area contributed by atoms with Crippen LogP contribution in [0.3, 0.4) is 0 Å². The zero-order chi connectivity index (χ0) is 19.5. The number of pyridine rings is 2. The minimum atomic E-state index is 0. The number of hydrogen-bond donors (Lipinski definition) is 0. The van der Waals surface area contributed by atoms with Gasteiger partial charge in [-0.25, -0.2) is 4.98 Å². The first-order valence-corrected chi connectivity index (χ1v) is 8.98. The van der Waals surface area contributed by atoms with E-state index in [2.05, 4.69) is 22.1 Å². The maximum atomic E-state index is 5.90. The fourth-order valence-electron chi connectivity index (χ4n) is 2.86. The van der Waals surface area contributed by atoms with Crippen molar-refractivity contribution in [3.63, 3.8) is 0 Å². The Kier molecular flexibility index (Phi) is 5.96. The molecule has 0 saturated heterocycles. The maximum Gasteiger partial charge on any atom is 0.216 e. The summed E-state index contributed by atoms with van der Waals surface area (Å²) >= 11 is 0. The van der Waals surface area contributed by atoms with Crippen molar-refractivity contribution < 1.29 is 30.5 Å². The van der Waals surface area contributed by atoms with Crippen molar-refractivity contribution in [2.75, 3.05) is 4.90 Å². The second-order valence-corrected chi connectivity index (χ2v) is 6.22. The number of aromatic nitrogens is 2. The number of ether oxygens (including phenoxy) is 2. The Morgan fingerprint density at radius 3 is 2.60 bits per heavy atom. The van der Waals surface area contributed by atoms with Crippen molar-refractivity contribution >= 4 is 5.69 Å². The van der Waals surface area contributed by atoms with Gasteiger partial charge in [0.25, 0.3) is 0 Å².